The SMILES string of the molecule is C=C(C)C(=O)OCC(O)C(O)C(O)C(O)COC(=O)C(=C)C. The van der Waals surface area contributed by atoms with E-state index >= 15 is 0 Å². The lowest BCUT2D eigenvalue weighted by atomic mass is 10.0. The molecule has 0 amide bonds. The lowest BCUT2D eigenvalue weighted by Gasteiger charge is -2.26. The first-order valence-electron chi connectivity index (χ1n) is 6.45. The van der Waals surface area contributed by atoms with Crippen LogP contribution in [0.3, 0.4) is 0 Å². The molecule has 0 aliphatic heterocycles. The third-order valence-electron chi connectivity index (χ3n) is 2.61. The first kappa shape index (κ1) is 20.3. The van der Waals surface area contributed by atoms with Gasteiger partial charge in [0.1, 0.15) is 37.6 Å². The largest absolute Gasteiger partial charge is 0.459 e. The van der Waals surface area contributed by atoms with Crippen molar-refractivity contribution in [2.24, 2.45) is 0 Å². The normalized spacial score (nSPS) is 16.1. The number of hydrogen-bond donors (Lipinski definition) is 4. The van der Waals surface area contributed by atoms with Crippen LogP contribution in [0.15, 0.2) is 24.3 Å². The Morgan fingerprint density at radius 2 is 1.09 bits per heavy atom. The van der Waals surface area contributed by atoms with Crippen LogP contribution in [0.2, 0.25) is 0 Å². The average molecular weight is 318 g/mol. The van der Waals surface area contributed by atoms with E-state index in [4.69, 9.17) is 0 Å². The van der Waals surface area contributed by atoms with Gasteiger partial charge in [0.15, 0.2) is 0 Å². The number of aliphatic hydroxyl groups is 4. The molecule has 0 spiro atoms. The lowest BCUT2D eigenvalue weighted by molar-refractivity contribution is -0.158. The van der Waals surface area contributed by atoms with Gasteiger partial charge in [-0.25, -0.2) is 9.59 Å². The van der Waals surface area contributed by atoms with E-state index in [-0.39, 0.29) is 11.1 Å². The molecule has 4 unspecified atom stereocenters. The molecule has 0 aromatic rings. The van der Waals surface area contributed by atoms with Crippen molar-refractivity contribution in [3.05, 3.63) is 24.3 Å². The minimum Gasteiger partial charge on any atom is -0.459 e. The smallest absolute Gasteiger partial charge is 0.333 e. The molecule has 0 saturated carbocycles. The highest BCUT2D eigenvalue weighted by atomic mass is 16.5. The van der Waals surface area contributed by atoms with E-state index in [2.05, 4.69) is 22.6 Å². The topological polar surface area (TPSA) is 134 Å². The monoisotopic (exact) mass is 318 g/mol. The lowest BCUT2D eigenvalue weighted by Crippen LogP contribution is -2.48. The zero-order valence-corrected chi connectivity index (χ0v) is 12.6. The Morgan fingerprint density at radius 3 is 1.32 bits per heavy atom. The van der Waals surface area contributed by atoms with Crippen LogP contribution in [-0.4, -0.2) is 70.0 Å². The molecular weight excluding hydrogens is 296 g/mol. The van der Waals surface area contributed by atoms with Gasteiger partial charge < -0.3 is 29.9 Å². The summed E-state index contributed by atoms with van der Waals surface area (Å²) in [4.78, 5) is 22.2. The fourth-order valence-corrected chi connectivity index (χ4v) is 1.22. The maximum absolute atomic E-state index is 11.1. The molecule has 0 radical (unpaired) electrons. The van der Waals surface area contributed by atoms with Crippen molar-refractivity contribution in [3.8, 4) is 0 Å². The molecule has 0 aromatic heterocycles. The summed E-state index contributed by atoms with van der Waals surface area (Å²) in [6, 6.07) is 0. The molecule has 4 N–H and O–H groups in total. The molecule has 0 aliphatic rings. The molecule has 8 heteroatoms. The molecule has 0 saturated heterocycles. The van der Waals surface area contributed by atoms with E-state index in [9.17, 15) is 30.0 Å². The van der Waals surface area contributed by atoms with Crippen molar-refractivity contribution in [1.29, 1.82) is 0 Å². The number of esters is 2. The summed E-state index contributed by atoms with van der Waals surface area (Å²) in [7, 11) is 0. The van der Waals surface area contributed by atoms with Crippen LogP contribution >= 0.6 is 0 Å². The summed E-state index contributed by atoms with van der Waals surface area (Å²) in [5.41, 5.74) is 0.211. The molecule has 0 fully saturated rings. The summed E-state index contributed by atoms with van der Waals surface area (Å²) in [6.45, 7) is 8.28. The number of aliphatic hydroxyl groups excluding tert-OH is 4. The van der Waals surface area contributed by atoms with Crippen LogP contribution in [0.5, 0.6) is 0 Å². The van der Waals surface area contributed by atoms with Gasteiger partial charge in [0, 0.05) is 11.1 Å². The molecule has 22 heavy (non-hydrogen) atoms. The van der Waals surface area contributed by atoms with Gasteiger partial charge in [-0.2, -0.15) is 0 Å². The maximum Gasteiger partial charge on any atom is 0.333 e. The standard InChI is InChI=1S/C14H22O8/c1-7(2)13(19)21-5-9(15)11(17)12(18)10(16)6-22-14(20)8(3)4/h9-12,15-18H,1,3,5-6H2,2,4H3. The first-order valence-corrected chi connectivity index (χ1v) is 6.45. The van der Waals surface area contributed by atoms with Crippen molar-refractivity contribution in [3.63, 3.8) is 0 Å². The number of hydrogen-bond acceptors (Lipinski definition) is 8. The Morgan fingerprint density at radius 1 is 0.818 bits per heavy atom. The van der Waals surface area contributed by atoms with Crippen LogP contribution in [0, 0.1) is 0 Å². The highest BCUT2D eigenvalue weighted by Gasteiger charge is 2.31. The van der Waals surface area contributed by atoms with Gasteiger partial charge in [-0.3, -0.25) is 0 Å². The van der Waals surface area contributed by atoms with E-state index in [1.54, 1.807) is 0 Å². The summed E-state index contributed by atoms with van der Waals surface area (Å²) < 4.78 is 9.22. The minimum absolute atomic E-state index is 0.106. The third kappa shape index (κ3) is 6.81. The predicted octanol–water partition coefficient (Wildman–Crippen LogP) is -1.33. The van der Waals surface area contributed by atoms with Crippen molar-refractivity contribution in [2.45, 2.75) is 38.3 Å². The number of rotatable bonds is 9. The molecule has 0 bridgehead atoms. The maximum atomic E-state index is 11.1. The number of carbonyl (C=O) groups is 2. The summed E-state index contributed by atoms with van der Waals surface area (Å²) in [6.07, 6.45) is -6.89. The first-order chi connectivity index (χ1) is 10.1. The van der Waals surface area contributed by atoms with E-state index in [0.29, 0.717) is 0 Å². The fraction of sp³-hybridized carbons (Fsp3) is 0.571. The van der Waals surface area contributed by atoms with Gasteiger partial charge in [0.2, 0.25) is 0 Å². The summed E-state index contributed by atoms with van der Waals surface area (Å²) >= 11 is 0. The second kappa shape index (κ2) is 9.31. The van der Waals surface area contributed by atoms with Gasteiger partial charge in [-0.05, 0) is 13.8 Å². The van der Waals surface area contributed by atoms with Gasteiger partial charge in [-0.1, -0.05) is 13.2 Å². The van der Waals surface area contributed by atoms with Crippen LogP contribution in [0.25, 0.3) is 0 Å². The van der Waals surface area contributed by atoms with Gasteiger partial charge in [0.25, 0.3) is 0 Å². The molecule has 0 rings (SSSR count). The van der Waals surface area contributed by atoms with Crippen LogP contribution in [0.4, 0.5) is 0 Å². The molecular formula is C14H22O8. The Labute approximate surface area is 128 Å². The zero-order chi connectivity index (χ0) is 17.4. The molecule has 126 valence electrons. The Bertz CT molecular complexity index is 391. The number of carbonyl (C=O) groups excluding carboxylic acids is 2. The van der Waals surface area contributed by atoms with E-state index in [1.807, 2.05) is 0 Å². The Kier molecular flexibility index (Phi) is 8.58. The van der Waals surface area contributed by atoms with Crippen molar-refractivity contribution in [1.82, 2.24) is 0 Å². The quantitative estimate of drug-likeness (QED) is 0.303. The Hall–Kier alpha value is -1.74. The summed E-state index contributed by atoms with van der Waals surface area (Å²) in [5, 5.41) is 38.5. The van der Waals surface area contributed by atoms with Crippen LogP contribution in [-0.2, 0) is 19.1 Å². The molecule has 8 nitrogen and oxygen atoms in total. The van der Waals surface area contributed by atoms with Crippen LogP contribution < -0.4 is 0 Å². The highest BCUT2D eigenvalue weighted by Crippen LogP contribution is 2.08. The van der Waals surface area contributed by atoms with Crippen LogP contribution in [0.1, 0.15) is 13.8 Å². The molecule has 0 aromatic carbocycles. The number of ether oxygens (including phenoxy) is 2. The molecule has 0 aliphatic carbocycles. The van der Waals surface area contributed by atoms with Gasteiger partial charge in [0.05, 0.1) is 0 Å². The molecule has 4 atom stereocenters. The van der Waals surface area contributed by atoms with Gasteiger partial charge in [-0.15, -0.1) is 0 Å². The Balaban J connectivity index is 4.35. The second-order valence-corrected chi connectivity index (χ2v) is 4.87. The predicted molar refractivity (Wildman–Crippen MR) is 75.6 cm³/mol. The van der Waals surface area contributed by atoms with E-state index in [0.717, 1.165) is 0 Å². The van der Waals surface area contributed by atoms with Crippen molar-refractivity contribution >= 4 is 11.9 Å². The molecule has 0 heterocycles. The zero-order valence-electron chi connectivity index (χ0n) is 12.6. The third-order valence-corrected chi connectivity index (χ3v) is 2.61. The highest BCUT2D eigenvalue weighted by molar-refractivity contribution is 5.87. The van der Waals surface area contributed by atoms with Crippen molar-refractivity contribution in [2.75, 3.05) is 13.2 Å². The second-order valence-electron chi connectivity index (χ2n) is 4.87. The fourth-order valence-electron chi connectivity index (χ4n) is 1.22. The average Bonchev–Trinajstić information content (AvgIpc) is 2.47. The van der Waals surface area contributed by atoms with E-state index < -0.39 is 49.6 Å². The van der Waals surface area contributed by atoms with Gasteiger partial charge >= 0.3 is 11.9 Å². The minimum atomic E-state index is -1.81. The van der Waals surface area contributed by atoms with E-state index in [1.165, 1.54) is 13.8 Å². The summed E-state index contributed by atoms with van der Waals surface area (Å²) in [5.74, 6) is -1.53. The van der Waals surface area contributed by atoms with Crippen molar-refractivity contribution < 1.29 is 39.5 Å².